The molecule has 1 fully saturated rings. The number of aromatic nitrogens is 1. The zero-order valence-electron chi connectivity index (χ0n) is 10.8. The van der Waals surface area contributed by atoms with Crippen molar-refractivity contribution in [3.8, 4) is 11.1 Å². The van der Waals surface area contributed by atoms with Crippen molar-refractivity contribution in [1.29, 1.82) is 0 Å². The van der Waals surface area contributed by atoms with Crippen LogP contribution in [0.1, 0.15) is 24.5 Å². The highest BCUT2D eigenvalue weighted by Gasteiger charge is 2.16. The fraction of sp³-hybridized carbons (Fsp3) is 0.312. The summed E-state index contributed by atoms with van der Waals surface area (Å²) in [6, 6.07) is 10.8. The molecular weight excluding hydrogens is 239 g/mol. The number of hydrogen-bond donors (Lipinski definition) is 1. The van der Waals surface area contributed by atoms with Crippen LogP contribution in [0.25, 0.3) is 11.1 Å². The third-order valence-electron chi connectivity index (χ3n) is 3.70. The van der Waals surface area contributed by atoms with Gasteiger partial charge in [0.25, 0.3) is 0 Å². The quantitative estimate of drug-likeness (QED) is 0.891. The Balaban J connectivity index is 1.91. The lowest BCUT2D eigenvalue weighted by Gasteiger charge is -2.22. The maximum atomic E-state index is 13.3. The molecule has 0 radical (unpaired) electrons. The van der Waals surface area contributed by atoms with Gasteiger partial charge in [0, 0.05) is 17.8 Å². The minimum Gasteiger partial charge on any atom is -0.317 e. The predicted molar refractivity (Wildman–Crippen MR) is 74.5 cm³/mol. The average molecular weight is 256 g/mol. The van der Waals surface area contributed by atoms with Crippen molar-refractivity contribution in [3.05, 3.63) is 54.1 Å². The molecule has 0 aliphatic carbocycles. The van der Waals surface area contributed by atoms with Crippen molar-refractivity contribution < 1.29 is 4.39 Å². The molecule has 0 spiro atoms. The fourth-order valence-electron chi connectivity index (χ4n) is 2.64. The molecule has 19 heavy (non-hydrogen) atoms. The van der Waals surface area contributed by atoms with Crippen molar-refractivity contribution in [2.24, 2.45) is 0 Å². The Bertz CT molecular complexity index is 562. The molecular formula is C16H17FN2. The molecule has 1 aliphatic heterocycles. The lowest BCUT2D eigenvalue weighted by Crippen LogP contribution is -2.27. The fourth-order valence-corrected chi connectivity index (χ4v) is 2.64. The summed E-state index contributed by atoms with van der Waals surface area (Å²) >= 11 is 0. The maximum Gasteiger partial charge on any atom is 0.123 e. The average Bonchev–Trinajstić information content (AvgIpc) is 2.48. The summed E-state index contributed by atoms with van der Waals surface area (Å²) in [5.41, 5.74) is 3.09. The lowest BCUT2D eigenvalue weighted by atomic mass is 9.92. The van der Waals surface area contributed by atoms with E-state index >= 15 is 0 Å². The smallest absolute Gasteiger partial charge is 0.123 e. The first-order valence-electron chi connectivity index (χ1n) is 6.75. The highest BCUT2D eigenvalue weighted by Crippen LogP contribution is 2.27. The molecule has 0 atom stereocenters. The van der Waals surface area contributed by atoms with Crippen LogP contribution in [-0.4, -0.2) is 18.1 Å². The second-order valence-corrected chi connectivity index (χ2v) is 5.00. The maximum absolute atomic E-state index is 13.3. The van der Waals surface area contributed by atoms with Gasteiger partial charge in [-0.15, -0.1) is 0 Å². The zero-order valence-corrected chi connectivity index (χ0v) is 10.8. The number of nitrogens with one attached hydrogen (secondary N) is 1. The van der Waals surface area contributed by atoms with Crippen LogP contribution in [0.4, 0.5) is 4.39 Å². The monoisotopic (exact) mass is 256 g/mol. The topological polar surface area (TPSA) is 24.9 Å². The number of pyridine rings is 1. The van der Waals surface area contributed by atoms with Crippen LogP contribution in [0.2, 0.25) is 0 Å². The van der Waals surface area contributed by atoms with Gasteiger partial charge >= 0.3 is 0 Å². The SMILES string of the molecule is Fc1cccc(-c2ccnc(C3CCNCC3)c2)c1. The number of nitrogens with zero attached hydrogens (tertiary/aromatic N) is 1. The van der Waals surface area contributed by atoms with Gasteiger partial charge in [0.1, 0.15) is 5.82 Å². The van der Waals surface area contributed by atoms with E-state index in [1.807, 2.05) is 18.3 Å². The molecule has 0 bridgehead atoms. The largest absolute Gasteiger partial charge is 0.317 e. The summed E-state index contributed by atoms with van der Waals surface area (Å²) in [4.78, 5) is 4.49. The minimum atomic E-state index is -0.197. The number of rotatable bonds is 2. The number of halogens is 1. The van der Waals surface area contributed by atoms with E-state index in [4.69, 9.17) is 0 Å². The second kappa shape index (κ2) is 5.49. The number of benzene rings is 1. The van der Waals surface area contributed by atoms with Crippen LogP contribution < -0.4 is 5.32 Å². The summed E-state index contributed by atoms with van der Waals surface area (Å²) in [5, 5.41) is 3.36. The van der Waals surface area contributed by atoms with E-state index in [1.54, 1.807) is 12.1 Å². The van der Waals surface area contributed by atoms with Gasteiger partial charge in [-0.3, -0.25) is 4.98 Å². The van der Waals surface area contributed by atoms with Crippen LogP contribution >= 0.6 is 0 Å². The van der Waals surface area contributed by atoms with Gasteiger partial charge in [0.15, 0.2) is 0 Å². The lowest BCUT2D eigenvalue weighted by molar-refractivity contribution is 0.453. The van der Waals surface area contributed by atoms with Crippen LogP contribution in [-0.2, 0) is 0 Å². The first-order chi connectivity index (χ1) is 9.33. The van der Waals surface area contributed by atoms with Gasteiger partial charge in [-0.2, -0.15) is 0 Å². The van der Waals surface area contributed by atoms with E-state index in [9.17, 15) is 4.39 Å². The number of piperidine rings is 1. The predicted octanol–water partition coefficient (Wildman–Crippen LogP) is 3.35. The first kappa shape index (κ1) is 12.3. The van der Waals surface area contributed by atoms with E-state index in [1.165, 1.54) is 6.07 Å². The van der Waals surface area contributed by atoms with Crippen molar-refractivity contribution in [3.63, 3.8) is 0 Å². The molecule has 1 N–H and O–H groups in total. The summed E-state index contributed by atoms with van der Waals surface area (Å²) in [6.45, 7) is 2.10. The molecule has 0 unspecified atom stereocenters. The van der Waals surface area contributed by atoms with Crippen LogP contribution in [0, 0.1) is 5.82 Å². The van der Waals surface area contributed by atoms with Crippen molar-refractivity contribution in [2.75, 3.05) is 13.1 Å². The van der Waals surface area contributed by atoms with E-state index in [0.717, 1.165) is 42.8 Å². The number of hydrogen-bond acceptors (Lipinski definition) is 2. The molecule has 3 heteroatoms. The molecule has 1 aliphatic rings. The molecule has 2 nitrogen and oxygen atoms in total. The summed E-state index contributed by atoms with van der Waals surface area (Å²) in [6.07, 6.45) is 4.08. The van der Waals surface area contributed by atoms with Crippen molar-refractivity contribution in [2.45, 2.75) is 18.8 Å². The molecule has 1 aromatic carbocycles. The van der Waals surface area contributed by atoms with Crippen LogP contribution in [0.15, 0.2) is 42.6 Å². The van der Waals surface area contributed by atoms with Gasteiger partial charge in [-0.05, 0) is 61.3 Å². The third-order valence-corrected chi connectivity index (χ3v) is 3.70. The Labute approximate surface area is 112 Å². The molecule has 3 rings (SSSR count). The molecule has 0 amide bonds. The second-order valence-electron chi connectivity index (χ2n) is 5.00. The first-order valence-corrected chi connectivity index (χ1v) is 6.75. The third kappa shape index (κ3) is 2.82. The van der Waals surface area contributed by atoms with Gasteiger partial charge in [0.2, 0.25) is 0 Å². The van der Waals surface area contributed by atoms with E-state index in [0.29, 0.717) is 5.92 Å². The Hall–Kier alpha value is -1.74. The zero-order chi connectivity index (χ0) is 13.1. The van der Waals surface area contributed by atoms with E-state index < -0.39 is 0 Å². The molecule has 1 saturated heterocycles. The highest BCUT2D eigenvalue weighted by atomic mass is 19.1. The van der Waals surface area contributed by atoms with E-state index in [2.05, 4.69) is 16.4 Å². The van der Waals surface area contributed by atoms with E-state index in [-0.39, 0.29) is 5.82 Å². The molecule has 2 aromatic rings. The van der Waals surface area contributed by atoms with Gasteiger partial charge in [-0.25, -0.2) is 4.39 Å². The Kier molecular flexibility index (Phi) is 3.56. The van der Waals surface area contributed by atoms with Gasteiger partial charge in [-0.1, -0.05) is 12.1 Å². The highest BCUT2D eigenvalue weighted by molar-refractivity contribution is 5.63. The Morgan fingerprint density at radius 3 is 2.63 bits per heavy atom. The molecule has 98 valence electrons. The normalized spacial score (nSPS) is 16.5. The summed E-state index contributed by atoms with van der Waals surface area (Å²) in [5.74, 6) is 0.326. The van der Waals surface area contributed by atoms with Gasteiger partial charge in [0.05, 0.1) is 0 Å². The minimum absolute atomic E-state index is 0.197. The van der Waals surface area contributed by atoms with Crippen LogP contribution in [0.5, 0.6) is 0 Å². The Morgan fingerprint density at radius 1 is 1.05 bits per heavy atom. The molecule has 0 saturated carbocycles. The van der Waals surface area contributed by atoms with Crippen molar-refractivity contribution in [1.82, 2.24) is 10.3 Å². The molecule has 2 heterocycles. The summed E-state index contributed by atoms with van der Waals surface area (Å²) in [7, 11) is 0. The van der Waals surface area contributed by atoms with Crippen molar-refractivity contribution >= 4 is 0 Å². The van der Waals surface area contributed by atoms with Gasteiger partial charge < -0.3 is 5.32 Å². The standard InChI is InChI=1S/C16H17FN2/c17-15-3-1-2-13(10-15)14-6-9-19-16(11-14)12-4-7-18-8-5-12/h1-3,6,9-12,18H,4-5,7-8H2. The summed E-state index contributed by atoms with van der Waals surface area (Å²) < 4.78 is 13.3. The Morgan fingerprint density at radius 2 is 1.84 bits per heavy atom. The molecule has 1 aromatic heterocycles. The van der Waals surface area contributed by atoms with Crippen LogP contribution in [0.3, 0.4) is 0 Å².